The average Bonchev–Trinajstić information content (AvgIpc) is 3.39. The number of unbranched alkanes of at least 4 members (excludes halogenated alkanes) is 47. The van der Waals surface area contributed by atoms with Crippen molar-refractivity contribution in [2.45, 2.75) is 379 Å². The number of amides is 1. The van der Waals surface area contributed by atoms with Gasteiger partial charge in [-0.15, -0.1) is 0 Å². The van der Waals surface area contributed by atoms with Gasteiger partial charge in [0.25, 0.3) is 0 Å². The van der Waals surface area contributed by atoms with Gasteiger partial charge in [-0.25, -0.2) is 0 Å². The Bertz CT molecular complexity index is 1140. The fraction of sp³-hybridized carbons (Fsp3) is 0.910. The summed E-state index contributed by atoms with van der Waals surface area (Å²) < 4.78 is 5.50. The molecule has 3 N–H and O–H groups in total. The van der Waals surface area contributed by atoms with Crippen LogP contribution in [0.3, 0.4) is 0 Å². The minimum absolute atomic E-state index is 0.0122. The maximum Gasteiger partial charge on any atom is 0.305 e. The van der Waals surface area contributed by atoms with Gasteiger partial charge in [-0.1, -0.05) is 301 Å². The summed E-state index contributed by atoms with van der Waals surface area (Å²) in [6, 6.07) is -0.541. The number of nitrogens with one attached hydrogen (secondary N) is 1. The van der Waals surface area contributed by atoms with Gasteiger partial charge in [-0.05, 0) is 77.0 Å². The summed E-state index contributed by atoms with van der Waals surface area (Å²) in [5.74, 6) is -0.0226. The lowest BCUT2D eigenvalue weighted by Crippen LogP contribution is -2.45. The molecule has 1 amide bonds. The molecule has 0 rings (SSSR count). The third-order valence-electron chi connectivity index (χ3n) is 15.5. The first-order valence-electron chi connectivity index (χ1n) is 33.1. The summed E-state index contributed by atoms with van der Waals surface area (Å²) >= 11 is 0. The number of hydrogen-bond donors (Lipinski definition) is 3. The standard InChI is InChI=1S/C67H129NO5/c1-3-5-7-9-11-13-15-17-18-30-34-37-41-45-49-53-57-61-67(72)73-62-58-54-50-46-42-38-35-32-29-27-25-23-21-19-20-22-24-26-28-31-33-36-40-44-48-52-56-60-66(71)68-64(63-69)65(70)59-55-51-47-43-39-16-14-12-10-8-6-4-2/h17-20,64-65,69-70H,3-16,21-63H2,1-2H3,(H,68,71)/b18-17-,20-19-. The zero-order chi connectivity index (χ0) is 52.9. The van der Waals surface area contributed by atoms with Crippen molar-refractivity contribution in [3.05, 3.63) is 24.3 Å². The molecule has 0 heterocycles. The fourth-order valence-corrected chi connectivity index (χ4v) is 10.4. The van der Waals surface area contributed by atoms with E-state index in [1.165, 1.54) is 289 Å². The topological polar surface area (TPSA) is 95.9 Å². The molecule has 0 aliphatic carbocycles. The zero-order valence-electron chi connectivity index (χ0n) is 49.4. The van der Waals surface area contributed by atoms with Crippen LogP contribution < -0.4 is 5.32 Å². The van der Waals surface area contributed by atoms with Crippen LogP contribution in [0, 0.1) is 0 Å². The molecule has 2 unspecified atom stereocenters. The van der Waals surface area contributed by atoms with Gasteiger partial charge in [0.2, 0.25) is 5.91 Å². The number of rotatable bonds is 62. The number of carbonyl (C=O) groups excluding carboxylic acids is 2. The van der Waals surface area contributed by atoms with Crippen LogP contribution in [-0.2, 0) is 14.3 Å². The van der Waals surface area contributed by atoms with E-state index in [9.17, 15) is 19.8 Å². The van der Waals surface area contributed by atoms with E-state index in [2.05, 4.69) is 43.5 Å². The highest BCUT2D eigenvalue weighted by atomic mass is 16.5. The van der Waals surface area contributed by atoms with E-state index in [0.29, 0.717) is 25.9 Å². The zero-order valence-corrected chi connectivity index (χ0v) is 49.4. The van der Waals surface area contributed by atoms with Crippen molar-refractivity contribution in [3.63, 3.8) is 0 Å². The van der Waals surface area contributed by atoms with Crippen molar-refractivity contribution in [3.8, 4) is 0 Å². The largest absolute Gasteiger partial charge is 0.466 e. The highest BCUT2D eigenvalue weighted by Gasteiger charge is 2.20. The summed E-state index contributed by atoms with van der Waals surface area (Å²) in [5.41, 5.74) is 0. The molecule has 0 aliphatic rings. The van der Waals surface area contributed by atoms with Crippen molar-refractivity contribution in [2.24, 2.45) is 0 Å². The van der Waals surface area contributed by atoms with Gasteiger partial charge in [-0.2, -0.15) is 0 Å². The minimum atomic E-state index is -0.663. The van der Waals surface area contributed by atoms with Crippen molar-refractivity contribution >= 4 is 11.9 Å². The summed E-state index contributed by atoms with van der Waals surface area (Å²) in [5, 5.41) is 23.2. The van der Waals surface area contributed by atoms with Crippen LogP contribution >= 0.6 is 0 Å². The molecule has 73 heavy (non-hydrogen) atoms. The number of aliphatic hydroxyl groups excluding tert-OH is 2. The first-order valence-corrected chi connectivity index (χ1v) is 33.1. The summed E-state index contributed by atoms with van der Waals surface area (Å²) in [6.07, 6.45) is 77.8. The lowest BCUT2D eigenvalue weighted by atomic mass is 10.0. The molecule has 0 saturated carbocycles. The lowest BCUT2D eigenvalue weighted by Gasteiger charge is -2.22. The molecule has 0 aromatic heterocycles. The number of ether oxygens (including phenoxy) is 1. The predicted molar refractivity (Wildman–Crippen MR) is 320 cm³/mol. The normalized spacial score (nSPS) is 12.7. The highest BCUT2D eigenvalue weighted by Crippen LogP contribution is 2.18. The summed E-state index contributed by atoms with van der Waals surface area (Å²) in [6.45, 7) is 4.96. The predicted octanol–water partition coefficient (Wildman–Crippen LogP) is 21.0. The van der Waals surface area contributed by atoms with E-state index in [1.54, 1.807) is 0 Å². The van der Waals surface area contributed by atoms with Gasteiger partial charge < -0.3 is 20.3 Å². The molecule has 0 radical (unpaired) electrons. The number of hydrogen-bond acceptors (Lipinski definition) is 5. The maximum atomic E-state index is 12.5. The van der Waals surface area contributed by atoms with E-state index >= 15 is 0 Å². The molecule has 6 nitrogen and oxygen atoms in total. The van der Waals surface area contributed by atoms with Crippen LogP contribution in [0.25, 0.3) is 0 Å². The Kier molecular flexibility index (Phi) is 61.4. The molecule has 0 bridgehead atoms. The van der Waals surface area contributed by atoms with Crippen molar-refractivity contribution in [1.29, 1.82) is 0 Å². The number of allylic oxidation sites excluding steroid dienone is 4. The fourth-order valence-electron chi connectivity index (χ4n) is 10.4. The van der Waals surface area contributed by atoms with Gasteiger partial charge in [-0.3, -0.25) is 9.59 Å². The highest BCUT2D eigenvalue weighted by molar-refractivity contribution is 5.76. The SMILES string of the molecule is CCCCCCCC/C=C\CCCCCCCCCC(=O)OCCCCCCCCCCCCCC/C=C\CCCCCCCCCCCCCC(=O)NC(CO)C(O)CCCCCCCCCCCCCC. The minimum Gasteiger partial charge on any atom is -0.466 e. The molecule has 432 valence electrons. The summed E-state index contributed by atoms with van der Waals surface area (Å²) in [4.78, 5) is 24.5. The Morgan fingerprint density at radius 1 is 0.370 bits per heavy atom. The first-order chi connectivity index (χ1) is 36.0. The monoisotopic (exact) mass is 1030 g/mol. The van der Waals surface area contributed by atoms with Crippen molar-refractivity contribution in [2.75, 3.05) is 13.2 Å². The third-order valence-corrected chi connectivity index (χ3v) is 15.5. The molecule has 0 spiro atoms. The molecule has 0 aromatic carbocycles. The van der Waals surface area contributed by atoms with Gasteiger partial charge in [0, 0.05) is 12.8 Å². The van der Waals surface area contributed by atoms with Crippen LogP contribution in [0.1, 0.15) is 367 Å². The number of aliphatic hydroxyl groups is 2. The van der Waals surface area contributed by atoms with E-state index in [-0.39, 0.29) is 18.5 Å². The molecule has 0 aliphatic heterocycles. The quantitative estimate of drug-likeness (QED) is 0.0320. The molecule has 2 atom stereocenters. The lowest BCUT2D eigenvalue weighted by molar-refractivity contribution is -0.143. The van der Waals surface area contributed by atoms with Crippen molar-refractivity contribution < 1.29 is 24.5 Å². The van der Waals surface area contributed by atoms with E-state index in [1.807, 2.05) is 0 Å². The van der Waals surface area contributed by atoms with Gasteiger partial charge in [0.1, 0.15) is 0 Å². The van der Waals surface area contributed by atoms with Crippen LogP contribution in [0.15, 0.2) is 24.3 Å². The molecular formula is C67H129NO5. The van der Waals surface area contributed by atoms with Crippen LogP contribution in [-0.4, -0.2) is 47.4 Å². The van der Waals surface area contributed by atoms with Crippen LogP contribution in [0.2, 0.25) is 0 Å². The Balaban J connectivity index is 3.36. The molecule has 0 fully saturated rings. The molecular weight excluding hydrogens is 899 g/mol. The van der Waals surface area contributed by atoms with E-state index in [4.69, 9.17) is 4.74 Å². The third kappa shape index (κ3) is 59.4. The van der Waals surface area contributed by atoms with Crippen LogP contribution in [0.4, 0.5) is 0 Å². The van der Waals surface area contributed by atoms with Crippen molar-refractivity contribution in [1.82, 2.24) is 5.32 Å². The van der Waals surface area contributed by atoms with Gasteiger partial charge >= 0.3 is 5.97 Å². The smallest absolute Gasteiger partial charge is 0.305 e. The first kappa shape index (κ1) is 71.3. The second kappa shape index (κ2) is 62.9. The summed E-state index contributed by atoms with van der Waals surface area (Å²) in [7, 11) is 0. The van der Waals surface area contributed by atoms with E-state index in [0.717, 1.165) is 44.9 Å². The Labute approximate surface area is 456 Å². The molecule has 0 aromatic rings. The van der Waals surface area contributed by atoms with Gasteiger partial charge in [0.15, 0.2) is 0 Å². The second-order valence-corrected chi connectivity index (χ2v) is 22.8. The van der Waals surface area contributed by atoms with E-state index < -0.39 is 12.1 Å². The Morgan fingerprint density at radius 3 is 0.973 bits per heavy atom. The average molecular weight is 1030 g/mol. The maximum absolute atomic E-state index is 12.5. The second-order valence-electron chi connectivity index (χ2n) is 22.8. The number of esters is 1. The molecule has 6 heteroatoms. The van der Waals surface area contributed by atoms with Crippen LogP contribution in [0.5, 0.6) is 0 Å². The Morgan fingerprint density at radius 2 is 0.644 bits per heavy atom. The number of carbonyl (C=O) groups is 2. The Hall–Kier alpha value is -1.66. The van der Waals surface area contributed by atoms with Gasteiger partial charge in [0.05, 0.1) is 25.4 Å². The molecule has 0 saturated heterocycles.